The summed E-state index contributed by atoms with van der Waals surface area (Å²) in [6.45, 7) is 2.07. The SMILES string of the molecule is CCCCCCS(=O)(=O)Nc1cccc(F)c1. The van der Waals surface area contributed by atoms with Gasteiger partial charge in [-0.3, -0.25) is 4.72 Å². The average Bonchev–Trinajstić information content (AvgIpc) is 2.24. The van der Waals surface area contributed by atoms with Gasteiger partial charge in [-0.25, -0.2) is 12.8 Å². The molecule has 0 spiro atoms. The summed E-state index contributed by atoms with van der Waals surface area (Å²) in [6.07, 6.45) is 3.64. The number of sulfonamides is 1. The van der Waals surface area contributed by atoms with Gasteiger partial charge in [0.2, 0.25) is 10.0 Å². The second-order valence-corrected chi connectivity index (χ2v) is 5.83. The predicted molar refractivity (Wildman–Crippen MR) is 68.0 cm³/mol. The van der Waals surface area contributed by atoms with Gasteiger partial charge in [-0.15, -0.1) is 0 Å². The van der Waals surface area contributed by atoms with Gasteiger partial charge in [-0.05, 0) is 24.6 Å². The van der Waals surface area contributed by atoms with E-state index in [1.54, 1.807) is 0 Å². The zero-order chi connectivity index (χ0) is 12.7. The normalized spacial score (nSPS) is 11.4. The maximum absolute atomic E-state index is 12.9. The van der Waals surface area contributed by atoms with E-state index in [1.165, 1.54) is 24.3 Å². The molecule has 3 nitrogen and oxygen atoms in total. The third-order valence-corrected chi connectivity index (χ3v) is 3.74. The Morgan fingerprint density at radius 1 is 1.24 bits per heavy atom. The Hall–Kier alpha value is -1.10. The molecule has 0 heterocycles. The average molecular weight is 259 g/mol. The molecule has 0 saturated carbocycles. The summed E-state index contributed by atoms with van der Waals surface area (Å²) in [7, 11) is -3.35. The van der Waals surface area contributed by atoms with Crippen molar-refractivity contribution in [3.63, 3.8) is 0 Å². The first-order chi connectivity index (χ1) is 8.03. The number of rotatable bonds is 7. The molecule has 0 aliphatic carbocycles. The number of anilines is 1. The van der Waals surface area contributed by atoms with E-state index >= 15 is 0 Å². The number of halogens is 1. The van der Waals surface area contributed by atoms with Crippen LogP contribution in [0, 0.1) is 5.82 Å². The summed E-state index contributed by atoms with van der Waals surface area (Å²) in [6, 6.07) is 5.46. The summed E-state index contributed by atoms with van der Waals surface area (Å²) < 4.78 is 38.5. The van der Waals surface area contributed by atoms with Crippen LogP contribution in [0.2, 0.25) is 0 Å². The zero-order valence-electron chi connectivity index (χ0n) is 9.95. The highest BCUT2D eigenvalue weighted by molar-refractivity contribution is 7.92. The fourth-order valence-electron chi connectivity index (χ4n) is 1.50. The van der Waals surface area contributed by atoms with Gasteiger partial charge in [0.05, 0.1) is 11.4 Å². The minimum atomic E-state index is -3.35. The van der Waals surface area contributed by atoms with E-state index in [2.05, 4.69) is 11.6 Å². The molecule has 5 heteroatoms. The Kier molecular flexibility index (Phi) is 5.41. The number of hydrogen-bond donors (Lipinski definition) is 1. The topological polar surface area (TPSA) is 46.2 Å². The molecule has 0 saturated heterocycles. The van der Waals surface area contributed by atoms with Crippen molar-refractivity contribution in [2.75, 3.05) is 10.5 Å². The first-order valence-electron chi connectivity index (χ1n) is 5.79. The molecule has 0 aliphatic heterocycles. The Bertz CT molecular complexity index is 446. The number of nitrogens with one attached hydrogen (secondary N) is 1. The fraction of sp³-hybridized carbons (Fsp3) is 0.500. The Balaban J connectivity index is 2.49. The lowest BCUT2D eigenvalue weighted by molar-refractivity contribution is 0.594. The van der Waals surface area contributed by atoms with Gasteiger partial charge >= 0.3 is 0 Å². The van der Waals surface area contributed by atoms with Crippen molar-refractivity contribution in [1.82, 2.24) is 0 Å². The van der Waals surface area contributed by atoms with Crippen LogP contribution in [-0.4, -0.2) is 14.2 Å². The highest BCUT2D eigenvalue weighted by atomic mass is 32.2. The molecule has 0 bridgehead atoms. The van der Waals surface area contributed by atoms with E-state index in [0.717, 1.165) is 19.3 Å². The summed E-state index contributed by atoms with van der Waals surface area (Å²) in [4.78, 5) is 0. The van der Waals surface area contributed by atoms with E-state index < -0.39 is 15.8 Å². The molecule has 1 N–H and O–H groups in total. The molecule has 0 atom stereocenters. The first kappa shape index (κ1) is 14.0. The van der Waals surface area contributed by atoms with Crippen LogP contribution in [0.1, 0.15) is 32.6 Å². The highest BCUT2D eigenvalue weighted by Crippen LogP contribution is 2.12. The summed E-state index contributed by atoms with van der Waals surface area (Å²) in [5.74, 6) is -0.361. The number of unbranched alkanes of at least 4 members (excludes halogenated alkanes) is 3. The van der Waals surface area contributed by atoms with E-state index in [-0.39, 0.29) is 11.4 Å². The van der Waals surface area contributed by atoms with Crippen LogP contribution < -0.4 is 4.72 Å². The van der Waals surface area contributed by atoms with Crippen molar-refractivity contribution in [3.8, 4) is 0 Å². The quantitative estimate of drug-likeness (QED) is 0.765. The maximum Gasteiger partial charge on any atom is 0.232 e. The number of benzene rings is 1. The lowest BCUT2D eigenvalue weighted by Gasteiger charge is -2.07. The fourth-order valence-corrected chi connectivity index (χ4v) is 2.67. The predicted octanol–water partition coefficient (Wildman–Crippen LogP) is 3.15. The molecule has 0 amide bonds. The van der Waals surface area contributed by atoms with Crippen LogP contribution >= 0.6 is 0 Å². The molecule has 0 radical (unpaired) electrons. The van der Waals surface area contributed by atoms with Crippen molar-refractivity contribution < 1.29 is 12.8 Å². The number of hydrogen-bond acceptors (Lipinski definition) is 2. The van der Waals surface area contributed by atoms with Crippen LogP contribution in [0.5, 0.6) is 0 Å². The van der Waals surface area contributed by atoms with Crippen LogP contribution in [0.4, 0.5) is 10.1 Å². The summed E-state index contributed by atoms with van der Waals surface area (Å²) >= 11 is 0. The molecular weight excluding hydrogens is 241 g/mol. The van der Waals surface area contributed by atoms with Crippen LogP contribution in [0.3, 0.4) is 0 Å². The van der Waals surface area contributed by atoms with Crippen LogP contribution in [0.15, 0.2) is 24.3 Å². The van der Waals surface area contributed by atoms with E-state index in [1.807, 2.05) is 0 Å². The molecular formula is C12H18FNO2S. The molecule has 1 aromatic carbocycles. The van der Waals surface area contributed by atoms with Crippen molar-refractivity contribution in [2.24, 2.45) is 0 Å². The molecule has 0 aromatic heterocycles. The monoisotopic (exact) mass is 259 g/mol. The van der Waals surface area contributed by atoms with Gasteiger partial charge in [-0.2, -0.15) is 0 Å². The van der Waals surface area contributed by atoms with Gasteiger partial charge in [0.1, 0.15) is 5.82 Å². The standard InChI is InChI=1S/C12H18FNO2S/c1-2-3-4-5-9-17(15,16)14-12-8-6-7-11(13)10-12/h6-8,10,14H,2-5,9H2,1H3. The van der Waals surface area contributed by atoms with Gasteiger partial charge < -0.3 is 0 Å². The molecule has 1 rings (SSSR count). The summed E-state index contributed by atoms with van der Waals surface area (Å²) in [5.41, 5.74) is 0.278. The van der Waals surface area contributed by atoms with Crippen LogP contribution in [-0.2, 0) is 10.0 Å². The lowest BCUT2D eigenvalue weighted by Crippen LogP contribution is -2.16. The van der Waals surface area contributed by atoms with Gasteiger partial charge in [-0.1, -0.05) is 32.3 Å². The molecule has 17 heavy (non-hydrogen) atoms. The van der Waals surface area contributed by atoms with E-state index in [4.69, 9.17) is 0 Å². The Morgan fingerprint density at radius 2 is 2.00 bits per heavy atom. The third-order valence-electron chi connectivity index (χ3n) is 2.36. The van der Waals surface area contributed by atoms with Gasteiger partial charge in [0.25, 0.3) is 0 Å². The van der Waals surface area contributed by atoms with Crippen LogP contribution in [0.25, 0.3) is 0 Å². The van der Waals surface area contributed by atoms with Crippen molar-refractivity contribution in [2.45, 2.75) is 32.6 Å². The molecule has 0 unspecified atom stereocenters. The van der Waals surface area contributed by atoms with Gasteiger partial charge in [0, 0.05) is 0 Å². The van der Waals surface area contributed by atoms with Gasteiger partial charge in [0.15, 0.2) is 0 Å². The molecule has 0 fully saturated rings. The molecule has 0 aliphatic rings. The molecule has 96 valence electrons. The molecule has 1 aromatic rings. The summed E-state index contributed by atoms with van der Waals surface area (Å²) in [5, 5.41) is 0. The maximum atomic E-state index is 12.9. The second-order valence-electron chi connectivity index (χ2n) is 3.99. The van der Waals surface area contributed by atoms with E-state index in [9.17, 15) is 12.8 Å². The Labute approximate surface area is 102 Å². The van der Waals surface area contributed by atoms with Crippen molar-refractivity contribution in [3.05, 3.63) is 30.1 Å². The first-order valence-corrected chi connectivity index (χ1v) is 7.45. The van der Waals surface area contributed by atoms with Crippen molar-refractivity contribution >= 4 is 15.7 Å². The minimum Gasteiger partial charge on any atom is -0.283 e. The smallest absolute Gasteiger partial charge is 0.232 e. The van der Waals surface area contributed by atoms with Crippen molar-refractivity contribution in [1.29, 1.82) is 0 Å². The highest BCUT2D eigenvalue weighted by Gasteiger charge is 2.09. The third kappa shape index (κ3) is 5.68. The Morgan fingerprint density at radius 3 is 2.65 bits per heavy atom. The second kappa shape index (κ2) is 6.59. The minimum absolute atomic E-state index is 0.0868. The lowest BCUT2D eigenvalue weighted by atomic mass is 10.2. The van der Waals surface area contributed by atoms with E-state index in [0.29, 0.717) is 6.42 Å². The zero-order valence-corrected chi connectivity index (χ0v) is 10.8. The largest absolute Gasteiger partial charge is 0.283 e.